The number of hydrogen-bond acceptors (Lipinski definition) is 4. The summed E-state index contributed by atoms with van der Waals surface area (Å²) in [5.41, 5.74) is -0.326. The second-order valence-electron chi connectivity index (χ2n) is 4.59. The van der Waals surface area contributed by atoms with Crippen LogP contribution in [0.1, 0.15) is 6.92 Å². The fraction of sp³-hybridized carbons (Fsp3) is 0.125. The molecule has 0 saturated carbocycles. The number of aryl methyl sites for hydroxylation is 1. The van der Waals surface area contributed by atoms with Gasteiger partial charge in [0.15, 0.2) is 11.5 Å². The molecule has 0 aliphatic heterocycles. The maximum Gasteiger partial charge on any atom is 0.313 e. The van der Waals surface area contributed by atoms with E-state index in [1.165, 1.54) is 10.8 Å². The minimum atomic E-state index is -0.326. The zero-order valence-corrected chi connectivity index (χ0v) is 11.5. The Hall–Kier alpha value is -2.82. The van der Waals surface area contributed by atoms with Gasteiger partial charge in [0.2, 0.25) is 0 Å². The molecule has 0 saturated heterocycles. The first-order chi connectivity index (χ1) is 10.2. The number of benzene rings is 2. The fourth-order valence-corrected chi connectivity index (χ4v) is 2.14. The molecule has 3 aromatic rings. The molecule has 21 heavy (non-hydrogen) atoms. The van der Waals surface area contributed by atoms with Crippen molar-refractivity contribution in [1.29, 1.82) is 0 Å². The summed E-state index contributed by atoms with van der Waals surface area (Å²) in [5.74, 6) is 0.138. The van der Waals surface area contributed by atoms with Crippen molar-refractivity contribution in [2.45, 2.75) is 13.5 Å². The third-order valence-electron chi connectivity index (χ3n) is 3.26. The number of rotatable bonds is 3. The molecule has 1 aromatic heterocycles. The van der Waals surface area contributed by atoms with E-state index in [2.05, 4.69) is 4.98 Å². The lowest BCUT2D eigenvalue weighted by molar-refractivity contribution is 0.396. The first kappa shape index (κ1) is 13.2. The lowest BCUT2D eigenvalue weighted by atomic mass is 10.1. The molecule has 3 rings (SSSR count). The Morgan fingerprint density at radius 1 is 1.24 bits per heavy atom. The monoisotopic (exact) mass is 282 g/mol. The Labute approximate surface area is 121 Å². The van der Waals surface area contributed by atoms with Gasteiger partial charge in [-0.1, -0.05) is 24.3 Å². The van der Waals surface area contributed by atoms with Crippen LogP contribution in [0.25, 0.3) is 10.8 Å². The van der Waals surface area contributed by atoms with Crippen LogP contribution >= 0.6 is 0 Å². The van der Waals surface area contributed by atoms with Crippen LogP contribution in [0.15, 0.2) is 53.6 Å². The third kappa shape index (κ3) is 2.45. The van der Waals surface area contributed by atoms with Gasteiger partial charge in [0.25, 0.3) is 5.88 Å². The van der Waals surface area contributed by atoms with Gasteiger partial charge >= 0.3 is 5.56 Å². The van der Waals surface area contributed by atoms with Gasteiger partial charge in [-0.05, 0) is 29.8 Å². The molecule has 0 aliphatic carbocycles. The molecule has 5 heteroatoms. The highest BCUT2D eigenvalue weighted by molar-refractivity contribution is 5.85. The van der Waals surface area contributed by atoms with Crippen LogP contribution < -0.4 is 10.3 Å². The van der Waals surface area contributed by atoms with Crippen LogP contribution in [0.2, 0.25) is 0 Å². The summed E-state index contributed by atoms with van der Waals surface area (Å²) in [4.78, 5) is 16.0. The van der Waals surface area contributed by atoms with Crippen molar-refractivity contribution in [2.75, 3.05) is 0 Å². The van der Waals surface area contributed by atoms with Gasteiger partial charge in [-0.2, -0.15) is 0 Å². The Morgan fingerprint density at radius 3 is 2.67 bits per heavy atom. The van der Waals surface area contributed by atoms with Gasteiger partial charge in [-0.3, -0.25) is 4.79 Å². The Bertz CT molecular complexity index is 856. The topological polar surface area (TPSA) is 64.3 Å². The first-order valence-corrected chi connectivity index (χ1v) is 6.64. The van der Waals surface area contributed by atoms with Crippen LogP contribution in [0.4, 0.5) is 0 Å². The van der Waals surface area contributed by atoms with Crippen molar-refractivity contribution in [3.05, 3.63) is 59.1 Å². The quantitative estimate of drug-likeness (QED) is 0.802. The van der Waals surface area contributed by atoms with Crippen LogP contribution in [0.5, 0.6) is 17.4 Å². The average Bonchev–Trinajstić information content (AvgIpc) is 2.50. The molecule has 5 nitrogen and oxygen atoms in total. The minimum absolute atomic E-state index is 0.0261. The van der Waals surface area contributed by atoms with Crippen molar-refractivity contribution >= 4 is 10.8 Å². The van der Waals surface area contributed by atoms with E-state index in [1.54, 1.807) is 18.3 Å². The first-order valence-electron chi connectivity index (χ1n) is 6.64. The zero-order chi connectivity index (χ0) is 14.8. The summed E-state index contributed by atoms with van der Waals surface area (Å²) in [6.07, 6.45) is 3.09. The van der Waals surface area contributed by atoms with Gasteiger partial charge < -0.3 is 14.4 Å². The molecule has 0 spiro atoms. The number of phenols is 1. The number of hydrogen-bond donors (Lipinski definition) is 1. The van der Waals surface area contributed by atoms with E-state index in [1.807, 2.05) is 31.2 Å². The zero-order valence-electron chi connectivity index (χ0n) is 11.5. The molecular weight excluding hydrogens is 268 g/mol. The van der Waals surface area contributed by atoms with Crippen molar-refractivity contribution in [3.8, 4) is 17.4 Å². The molecule has 0 bridgehead atoms. The highest BCUT2D eigenvalue weighted by atomic mass is 16.5. The Kier molecular flexibility index (Phi) is 3.31. The number of aromatic nitrogens is 2. The van der Waals surface area contributed by atoms with Crippen LogP contribution in [0.3, 0.4) is 0 Å². The van der Waals surface area contributed by atoms with E-state index in [-0.39, 0.29) is 22.9 Å². The average molecular weight is 282 g/mol. The Morgan fingerprint density at radius 2 is 1.95 bits per heavy atom. The van der Waals surface area contributed by atoms with Gasteiger partial charge in [-0.25, -0.2) is 4.98 Å². The predicted molar refractivity (Wildman–Crippen MR) is 79.9 cm³/mol. The molecule has 0 amide bonds. The SMILES string of the molecule is CCn1ccnc(Oc2cc3ccccc3cc2O)c1=O. The standard InChI is InChI=1S/C16H14N2O3/c1-2-18-8-7-17-15(16(18)20)21-14-10-12-6-4-3-5-11(12)9-13(14)19/h3-10,19H,2H2,1H3. The van der Waals surface area contributed by atoms with E-state index in [0.29, 0.717) is 6.54 Å². The van der Waals surface area contributed by atoms with E-state index in [0.717, 1.165) is 10.8 Å². The maximum atomic E-state index is 12.1. The molecule has 0 radical (unpaired) electrons. The largest absolute Gasteiger partial charge is 0.504 e. The fourth-order valence-electron chi connectivity index (χ4n) is 2.14. The molecule has 2 aromatic carbocycles. The van der Waals surface area contributed by atoms with Gasteiger partial charge in [0.1, 0.15) is 0 Å². The van der Waals surface area contributed by atoms with Crippen LogP contribution in [-0.2, 0) is 6.54 Å². The summed E-state index contributed by atoms with van der Waals surface area (Å²) in [5, 5.41) is 11.8. The third-order valence-corrected chi connectivity index (χ3v) is 3.26. The lowest BCUT2D eigenvalue weighted by Gasteiger charge is -2.09. The summed E-state index contributed by atoms with van der Waals surface area (Å²) >= 11 is 0. The number of nitrogens with zero attached hydrogens (tertiary/aromatic N) is 2. The summed E-state index contributed by atoms with van der Waals surface area (Å²) in [6.45, 7) is 2.39. The highest BCUT2D eigenvalue weighted by Crippen LogP contribution is 2.33. The van der Waals surface area contributed by atoms with E-state index >= 15 is 0 Å². The summed E-state index contributed by atoms with van der Waals surface area (Å²) in [6, 6.07) is 10.9. The van der Waals surface area contributed by atoms with Crippen LogP contribution in [-0.4, -0.2) is 14.7 Å². The highest BCUT2D eigenvalue weighted by Gasteiger charge is 2.11. The van der Waals surface area contributed by atoms with Crippen molar-refractivity contribution in [1.82, 2.24) is 9.55 Å². The maximum absolute atomic E-state index is 12.1. The molecule has 0 atom stereocenters. The van der Waals surface area contributed by atoms with Gasteiger partial charge in [0, 0.05) is 18.9 Å². The second-order valence-corrected chi connectivity index (χ2v) is 4.59. The van der Waals surface area contributed by atoms with E-state index in [9.17, 15) is 9.90 Å². The molecule has 106 valence electrons. The van der Waals surface area contributed by atoms with Gasteiger partial charge in [-0.15, -0.1) is 0 Å². The number of ether oxygens (including phenoxy) is 1. The Balaban J connectivity index is 2.06. The lowest BCUT2D eigenvalue weighted by Crippen LogP contribution is -2.20. The predicted octanol–water partition coefficient (Wildman–Crippen LogP) is 2.91. The van der Waals surface area contributed by atoms with E-state index in [4.69, 9.17) is 4.74 Å². The summed E-state index contributed by atoms with van der Waals surface area (Å²) < 4.78 is 6.98. The van der Waals surface area contributed by atoms with Crippen LogP contribution in [0, 0.1) is 0 Å². The van der Waals surface area contributed by atoms with Crippen molar-refractivity contribution < 1.29 is 9.84 Å². The van der Waals surface area contributed by atoms with Crippen molar-refractivity contribution in [3.63, 3.8) is 0 Å². The molecule has 0 fully saturated rings. The normalized spacial score (nSPS) is 10.7. The number of aromatic hydroxyl groups is 1. The van der Waals surface area contributed by atoms with Crippen molar-refractivity contribution in [2.24, 2.45) is 0 Å². The molecular formula is C16H14N2O3. The molecule has 0 unspecified atom stereocenters. The molecule has 1 N–H and O–H groups in total. The second kappa shape index (κ2) is 5.28. The number of phenolic OH excluding ortho intramolecular Hbond substituents is 1. The summed E-state index contributed by atoms with van der Waals surface area (Å²) in [7, 11) is 0. The molecule has 0 aliphatic rings. The minimum Gasteiger partial charge on any atom is -0.504 e. The van der Waals surface area contributed by atoms with E-state index < -0.39 is 0 Å². The smallest absolute Gasteiger partial charge is 0.313 e. The molecule has 1 heterocycles. The number of fused-ring (bicyclic) bond motifs is 1. The van der Waals surface area contributed by atoms with Gasteiger partial charge in [0.05, 0.1) is 0 Å².